The molecule has 1 atom stereocenters. The van der Waals surface area contributed by atoms with Crippen molar-refractivity contribution in [3.05, 3.63) is 67.9 Å². The third-order valence-electron chi connectivity index (χ3n) is 7.79. The normalized spacial score (nSPS) is 18.1. The van der Waals surface area contributed by atoms with Crippen molar-refractivity contribution in [2.45, 2.75) is 78.2 Å². The van der Waals surface area contributed by atoms with Crippen LogP contribution in [-0.4, -0.2) is 67.5 Å². The van der Waals surface area contributed by atoms with Crippen molar-refractivity contribution in [1.29, 1.82) is 0 Å². The number of rotatable bonds is 6. The van der Waals surface area contributed by atoms with Crippen molar-refractivity contribution in [2.75, 3.05) is 25.1 Å². The Balaban J connectivity index is 1.56. The first-order valence-corrected chi connectivity index (χ1v) is 15.6. The topological polar surface area (TPSA) is 120 Å². The fraction of sp³-hybridized carbons (Fsp3) is 0.469. The van der Waals surface area contributed by atoms with Crippen LogP contribution in [0.5, 0.6) is 0 Å². The highest BCUT2D eigenvalue weighted by atomic mass is 35.5. The predicted molar refractivity (Wildman–Crippen MR) is 170 cm³/mol. The summed E-state index contributed by atoms with van der Waals surface area (Å²) in [5.41, 5.74) is 0.321. The molecule has 2 aromatic heterocycles. The van der Waals surface area contributed by atoms with Gasteiger partial charge in [0.1, 0.15) is 12.1 Å². The van der Waals surface area contributed by atoms with E-state index in [4.69, 9.17) is 21.1 Å². The minimum Gasteiger partial charge on any atom is -0.444 e. The summed E-state index contributed by atoms with van der Waals surface area (Å²) in [7, 11) is 0. The van der Waals surface area contributed by atoms with Crippen molar-refractivity contribution in [1.82, 2.24) is 24.1 Å². The number of hydrogen-bond donors (Lipinski definition) is 1. The molecule has 1 aromatic carbocycles. The van der Waals surface area contributed by atoms with Crippen LogP contribution in [0.2, 0.25) is 5.02 Å². The zero-order valence-electron chi connectivity index (χ0n) is 26.7. The second kappa shape index (κ2) is 13.1. The molecule has 2 amide bonds. The van der Waals surface area contributed by atoms with E-state index in [2.05, 4.69) is 15.4 Å². The van der Waals surface area contributed by atoms with E-state index in [1.165, 1.54) is 0 Å². The molecule has 4 heterocycles. The quantitative estimate of drug-likeness (QED) is 0.341. The largest absolute Gasteiger partial charge is 0.444 e. The molecule has 1 saturated heterocycles. The first-order chi connectivity index (χ1) is 22.1. The molecule has 1 fully saturated rings. The highest BCUT2D eigenvalue weighted by molar-refractivity contribution is 6.33. The molecule has 1 N–H and O–H groups in total. The number of amides is 2. The number of likely N-dealkylation sites (tertiary alicyclic amines) is 1. The van der Waals surface area contributed by atoms with Crippen LogP contribution in [0, 0.1) is 0 Å². The van der Waals surface area contributed by atoms with E-state index in [1.807, 2.05) is 19.9 Å². The SMILES string of the molecule is CCc1c(/C=C2\C[C@@H](C)N(C(=O)OC(C)(C)C)C2)c(=O)n2nc(C3=CCOCC3)nc2n1CC(=O)Nc1ccc(C(F)(F)F)cc1Cl. The van der Waals surface area contributed by atoms with E-state index >= 15 is 0 Å². The molecule has 2 aliphatic heterocycles. The molecule has 2 aliphatic rings. The summed E-state index contributed by atoms with van der Waals surface area (Å²) in [5.74, 6) is -0.158. The standard InChI is InChI=1S/C32H36ClF3N6O5/c1-6-25-22(14-19-13-18(2)40(16-19)30(45)47-31(3,4)5)28(44)42-29(38-27(39-42)20-9-11-46-12-10-20)41(25)17-26(43)37-24-8-7-21(15-23(24)33)32(34,35)36/h7-9,14-15,18H,6,10-13,16-17H2,1-5H3,(H,37,43)/b19-14+/t18-/m1/s1. The first-order valence-electron chi connectivity index (χ1n) is 15.2. The number of nitrogens with one attached hydrogen (secondary N) is 1. The average Bonchev–Trinajstić information content (AvgIpc) is 3.60. The van der Waals surface area contributed by atoms with Crippen LogP contribution in [0.25, 0.3) is 17.4 Å². The lowest BCUT2D eigenvalue weighted by atomic mass is 10.1. The highest BCUT2D eigenvalue weighted by Crippen LogP contribution is 2.34. The van der Waals surface area contributed by atoms with Crippen LogP contribution in [0.1, 0.15) is 70.1 Å². The molecule has 0 aliphatic carbocycles. The summed E-state index contributed by atoms with van der Waals surface area (Å²) >= 11 is 6.10. The van der Waals surface area contributed by atoms with Crippen molar-refractivity contribution < 1.29 is 32.2 Å². The predicted octanol–water partition coefficient (Wildman–Crippen LogP) is 5.98. The number of alkyl halides is 3. The Morgan fingerprint density at radius 3 is 2.60 bits per heavy atom. The third kappa shape index (κ3) is 7.54. The number of anilines is 1. The summed E-state index contributed by atoms with van der Waals surface area (Å²) in [6.45, 7) is 9.83. The molecule has 11 nitrogen and oxygen atoms in total. The van der Waals surface area contributed by atoms with Crippen LogP contribution >= 0.6 is 11.6 Å². The Bertz CT molecular complexity index is 1840. The fourth-order valence-electron chi connectivity index (χ4n) is 5.61. The summed E-state index contributed by atoms with van der Waals surface area (Å²) in [5, 5.41) is 6.82. The maximum absolute atomic E-state index is 14.0. The van der Waals surface area contributed by atoms with Gasteiger partial charge in [0.05, 0.1) is 35.1 Å². The lowest BCUT2D eigenvalue weighted by Gasteiger charge is -2.26. The van der Waals surface area contributed by atoms with Gasteiger partial charge in [0.25, 0.3) is 5.56 Å². The molecule has 15 heteroatoms. The first kappa shape index (κ1) is 34.2. The van der Waals surface area contributed by atoms with Gasteiger partial charge in [-0.25, -0.2) is 4.79 Å². The Morgan fingerprint density at radius 1 is 1.23 bits per heavy atom. The molecule has 0 bridgehead atoms. The average molecular weight is 677 g/mol. The zero-order chi connectivity index (χ0) is 34.3. The minimum atomic E-state index is -4.60. The second-order valence-corrected chi connectivity index (χ2v) is 12.9. The fourth-order valence-corrected chi connectivity index (χ4v) is 5.83. The molecule has 0 saturated carbocycles. The summed E-state index contributed by atoms with van der Waals surface area (Å²) < 4.78 is 53.1. The lowest BCUT2D eigenvalue weighted by Crippen LogP contribution is -2.38. The van der Waals surface area contributed by atoms with Crippen LogP contribution in [0.15, 0.2) is 34.6 Å². The molecular weight excluding hydrogens is 641 g/mol. The zero-order valence-corrected chi connectivity index (χ0v) is 27.5. The second-order valence-electron chi connectivity index (χ2n) is 12.5. The Morgan fingerprint density at radius 2 is 1.98 bits per heavy atom. The summed E-state index contributed by atoms with van der Waals surface area (Å²) in [6, 6.07) is 2.48. The molecule has 252 valence electrons. The molecular formula is C32H36ClF3N6O5. The molecule has 47 heavy (non-hydrogen) atoms. The van der Waals surface area contributed by atoms with Gasteiger partial charge in [-0.2, -0.15) is 22.7 Å². The van der Waals surface area contributed by atoms with Crippen LogP contribution in [-0.2, 0) is 33.4 Å². The van der Waals surface area contributed by atoms with Crippen LogP contribution in [0.4, 0.5) is 23.7 Å². The monoisotopic (exact) mass is 676 g/mol. The van der Waals surface area contributed by atoms with E-state index in [0.717, 1.165) is 33.9 Å². The number of carbonyl (C=O) groups excluding carboxylic acids is 2. The Labute approximate surface area is 274 Å². The smallest absolute Gasteiger partial charge is 0.416 e. The van der Waals surface area contributed by atoms with Crippen LogP contribution in [0.3, 0.4) is 0 Å². The van der Waals surface area contributed by atoms with Gasteiger partial charge >= 0.3 is 12.3 Å². The molecule has 0 spiro atoms. The van der Waals surface area contributed by atoms with Gasteiger partial charge in [-0.3, -0.25) is 9.59 Å². The number of halogens is 4. The molecule has 0 unspecified atom stereocenters. The Hall–Kier alpha value is -4.17. The van der Waals surface area contributed by atoms with Crippen molar-refractivity contribution in [2.24, 2.45) is 0 Å². The number of aromatic nitrogens is 4. The van der Waals surface area contributed by atoms with E-state index in [-0.39, 0.29) is 41.2 Å². The van der Waals surface area contributed by atoms with Gasteiger partial charge < -0.3 is 24.3 Å². The van der Waals surface area contributed by atoms with Crippen molar-refractivity contribution >= 4 is 46.7 Å². The summed E-state index contributed by atoms with van der Waals surface area (Å²) in [6.07, 6.45) is -0.125. The number of hydrogen-bond acceptors (Lipinski definition) is 7. The van der Waals surface area contributed by atoms with Crippen LogP contribution < -0.4 is 10.9 Å². The highest BCUT2D eigenvalue weighted by Gasteiger charge is 2.33. The molecule has 5 rings (SSSR count). The van der Waals surface area contributed by atoms with Gasteiger partial charge in [-0.05, 0) is 82.4 Å². The molecule has 0 radical (unpaired) electrons. The maximum Gasteiger partial charge on any atom is 0.416 e. The van der Waals surface area contributed by atoms with Gasteiger partial charge in [0.15, 0.2) is 5.82 Å². The Kier molecular flexibility index (Phi) is 9.56. The number of ether oxygens (including phenoxy) is 2. The van der Waals surface area contributed by atoms with Crippen molar-refractivity contribution in [3.63, 3.8) is 0 Å². The molecule has 3 aromatic rings. The van der Waals surface area contributed by atoms with E-state index < -0.39 is 34.9 Å². The number of carbonyl (C=O) groups is 2. The third-order valence-corrected chi connectivity index (χ3v) is 8.10. The van der Waals surface area contributed by atoms with E-state index in [9.17, 15) is 27.6 Å². The van der Waals surface area contributed by atoms with Crippen molar-refractivity contribution in [3.8, 4) is 0 Å². The van der Waals surface area contributed by atoms with Gasteiger partial charge in [0, 0.05) is 18.3 Å². The van der Waals surface area contributed by atoms with Gasteiger partial charge in [0.2, 0.25) is 11.7 Å². The summed E-state index contributed by atoms with van der Waals surface area (Å²) in [4.78, 5) is 46.5. The van der Waals surface area contributed by atoms with E-state index in [1.54, 1.807) is 36.3 Å². The number of fused-ring (bicyclic) bond motifs is 1. The number of nitrogens with zero attached hydrogens (tertiary/aromatic N) is 5. The van der Waals surface area contributed by atoms with E-state index in [0.29, 0.717) is 44.0 Å². The maximum atomic E-state index is 14.0. The van der Waals surface area contributed by atoms with Gasteiger partial charge in [-0.1, -0.05) is 24.6 Å². The van der Waals surface area contributed by atoms with Gasteiger partial charge in [-0.15, -0.1) is 5.10 Å². The minimum absolute atomic E-state index is 0.00110. The number of benzene rings is 1. The lowest BCUT2D eigenvalue weighted by molar-refractivity contribution is -0.137.